The van der Waals surface area contributed by atoms with Crippen LogP contribution < -0.4 is 20.5 Å². The Morgan fingerprint density at radius 1 is 1.26 bits per heavy atom. The van der Waals surface area contributed by atoms with Gasteiger partial charge in [-0.25, -0.2) is 0 Å². The molecule has 2 rings (SSSR count). The van der Waals surface area contributed by atoms with E-state index in [2.05, 4.69) is 5.32 Å². The number of hydrogen-bond acceptors (Lipinski definition) is 4. The van der Waals surface area contributed by atoms with Crippen LogP contribution in [0.5, 0.6) is 11.5 Å². The van der Waals surface area contributed by atoms with E-state index in [9.17, 15) is 4.79 Å². The van der Waals surface area contributed by atoms with Gasteiger partial charge in [0.25, 0.3) is 0 Å². The van der Waals surface area contributed by atoms with Crippen molar-refractivity contribution in [3.63, 3.8) is 0 Å². The minimum Gasteiger partial charge on any atom is -0.490 e. The zero-order valence-electron chi connectivity index (χ0n) is 11.0. The molecule has 0 saturated carbocycles. The van der Waals surface area contributed by atoms with Gasteiger partial charge in [-0.3, -0.25) is 4.79 Å². The molecule has 0 aliphatic carbocycles. The number of hydrogen-bond donors (Lipinski definition) is 2. The monoisotopic (exact) mass is 264 g/mol. The first kappa shape index (κ1) is 13.7. The van der Waals surface area contributed by atoms with Gasteiger partial charge in [-0.15, -0.1) is 0 Å². The number of amides is 1. The predicted molar refractivity (Wildman–Crippen MR) is 72.2 cm³/mol. The fraction of sp³-hybridized carbons (Fsp3) is 0.500. The molecule has 104 valence electrons. The van der Waals surface area contributed by atoms with Crippen LogP contribution in [0.4, 0.5) is 0 Å². The summed E-state index contributed by atoms with van der Waals surface area (Å²) >= 11 is 0. The fourth-order valence-corrected chi connectivity index (χ4v) is 1.87. The molecule has 1 heterocycles. The third-order valence-corrected chi connectivity index (χ3v) is 2.91. The number of benzene rings is 1. The summed E-state index contributed by atoms with van der Waals surface area (Å²) in [5.41, 5.74) is 6.37. The van der Waals surface area contributed by atoms with Crippen LogP contribution in [-0.4, -0.2) is 25.7 Å². The summed E-state index contributed by atoms with van der Waals surface area (Å²) in [6.07, 6.45) is 2.08. The summed E-state index contributed by atoms with van der Waals surface area (Å²) in [6, 6.07) is 5.75. The van der Waals surface area contributed by atoms with Crippen LogP contribution in [-0.2, 0) is 11.3 Å². The van der Waals surface area contributed by atoms with Crippen LogP contribution in [0.1, 0.15) is 24.8 Å². The highest BCUT2D eigenvalue weighted by Gasteiger charge is 2.10. The van der Waals surface area contributed by atoms with Gasteiger partial charge in [-0.05, 0) is 30.7 Å². The van der Waals surface area contributed by atoms with Crippen molar-refractivity contribution in [2.24, 2.45) is 5.73 Å². The number of carbonyl (C=O) groups is 1. The maximum Gasteiger partial charge on any atom is 0.220 e. The average molecular weight is 264 g/mol. The van der Waals surface area contributed by atoms with Gasteiger partial charge in [0.05, 0.1) is 13.2 Å². The minimum atomic E-state index is 0.0255. The van der Waals surface area contributed by atoms with Gasteiger partial charge in [-0.2, -0.15) is 0 Å². The number of nitrogens with two attached hydrogens (primary N) is 1. The SMILES string of the molecule is NCCCC(=O)NCc1ccc2c(c1)OCCCO2. The molecule has 0 bridgehead atoms. The van der Waals surface area contributed by atoms with Crippen molar-refractivity contribution < 1.29 is 14.3 Å². The summed E-state index contributed by atoms with van der Waals surface area (Å²) in [7, 11) is 0. The molecule has 1 aliphatic heterocycles. The van der Waals surface area contributed by atoms with Crippen LogP contribution in [0.3, 0.4) is 0 Å². The minimum absolute atomic E-state index is 0.0255. The van der Waals surface area contributed by atoms with E-state index in [1.165, 1.54) is 0 Å². The summed E-state index contributed by atoms with van der Waals surface area (Å²) < 4.78 is 11.2. The van der Waals surface area contributed by atoms with E-state index in [0.717, 1.165) is 23.5 Å². The molecular weight excluding hydrogens is 244 g/mol. The molecule has 0 aromatic heterocycles. The van der Waals surface area contributed by atoms with Crippen LogP contribution >= 0.6 is 0 Å². The van der Waals surface area contributed by atoms with E-state index in [1.54, 1.807) is 0 Å². The molecule has 0 radical (unpaired) electrons. The normalized spacial score (nSPS) is 13.7. The van der Waals surface area contributed by atoms with Gasteiger partial charge in [0.15, 0.2) is 11.5 Å². The van der Waals surface area contributed by atoms with Crippen molar-refractivity contribution in [3.8, 4) is 11.5 Å². The highest BCUT2D eigenvalue weighted by molar-refractivity contribution is 5.75. The quantitative estimate of drug-likeness (QED) is 0.838. The van der Waals surface area contributed by atoms with E-state index < -0.39 is 0 Å². The van der Waals surface area contributed by atoms with Crippen LogP contribution in [0.15, 0.2) is 18.2 Å². The van der Waals surface area contributed by atoms with Crippen molar-refractivity contribution in [1.82, 2.24) is 5.32 Å². The smallest absolute Gasteiger partial charge is 0.220 e. The van der Waals surface area contributed by atoms with Gasteiger partial charge in [0, 0.05) is 19.4 Å². The first-order valence-corrected chi connectivity index (χ1v) is 6.65. The molecule has 0 atom stereocenters. The molecule has 5 heteroatoms. The van der Waals surface area contributed by atoms with E-state index in [4.69, 9.17) is 15.2 Å². The lowest BCUT2D eigenvalue weighted by atomic mass is 10.2. The lowest BCUT2D eigenvalue weighted by molar-refractivity contribution is -0.121. The lowest BCUT2D eigenvalue weighted by Gasteiger charge is -2.10. The maximum atomic E-state index is 11.5. The lowest BCUT2D eigenvalue weighted by Crippen LogP contribution is -2.23. The molecule has 0 fully saturated rings. The van der Waals surface area contributed by atoms with Crippen molar-refractivity contribution in [3.05, 3.63) is 23.8 Å². The first-order valence-electron chi connectivity index (χ1n) is 6.65. The Kier molecular flexibility index (Phi) is 5.03. The molecule has 1 aromatic carbocycles. The summed E-state index contributed by atoms with van der Waals surface area (Å²) in [6.45, 7) is 2.39. The molecule has 0 spiro atoms. The van der Waals surface area contributed by atoms with Crippen LogP contribution in [0.25, 0.3) is 0 Å². The fourth-order valence-electron chi connectivity index (χ4n) is 1.87. The van der Waals surface area contributed by atoms with E-state index >= 15 is 0 Å². The van der Waals surface area contributed by atoms with Gasteiger partial charge < -0.3 is 20.5 Å². The summed E-state index contributed by atoms with van der Waals surface area (Å²) in [4.78, 5) is 11.5. The van der Waals surface area contributed by atoms with Gasteiger partial charge in [0.2, 0.25) is 5.91 Å². The molecule has 3 N–H and O–H groups in total. The van der Waals surface area contributed by atoms with Crippen molar-refractivity contribution in [2.75, 3.05) is 19.8 Å². The van der Waals surface area contributed by atoms with E-state index in [0.29, 0.717) is 39.1 Å². The third kappa shape index (κ3) is 4.13. The first-order chi connectivity index (χ1) is 9.29. The number of ether oxygens (including phenoxy) is 2. The molecular formula is C14H20N2O3. The zero-order valence-corrected chi connectivity index (χ0v) is 11.0. The topological polar surface area (TPSA) is 73.6 Å². The molecule has 1 aromatic rings. The van der Waals surface area contributed by atoms with Gasteiger partial charge in [0.1, 0.15) is 0 Å². The summed E-state index contributed by atoms with van der Waals surface area (Å²) in [5, 5.41) is 2.87. The number of carbonyl (C=O) groups excluding carboxylic acids is 1. The Morgan fingerprint density at radius 3 is 2.84 bits per heavy atom. The zero-order chi connectivity index (χ0) is 13.5. The predicted octanol–water partition coefficient (Wildman–Crippen LogP) is 1.20. The van der Waals surface area contributed by atoms with Crippen molar-refractivity contribution in [1.29, 1.82) is 0 Å². The highest BCUT2D eigenvalue weighted by Crippen LogP contribution is 2.30. The standard InChI is InChI=1S/C14H20N2O3/c15-6-1-3-14(17)16-10-11-4-5-12-13(9-11)19-8-2-7-18-12/h4-5,9H,1-3,6-8,10,15H2,(H,16,17). The average Bonchev–Trinajstić information content (AvgIpc) is 2.67. The largest absolute Gasteiger partial charge is 0.490 e. The number of nitrogens with one attached hydrogen (secondary N) is 1. The number of rotatable bonds is 5. The van der Waals surface area contributed by atoms with Crippen LogP contribution in [0.2, 0.25) is 0 Å². The number of fused-ring (bicyclic) bond motifs is 1. The third-order valence-electron chi connectivity index (χ3n) is 2.91. The Hall–Kier alpha value is -1.75. The Balaban J connectivity index is 1.90. The van der Waals surface area contributed by atoms with E-state index in [-0.39, 0.29) is 5.91 Å². The Bertz CT molecular complexity index is 435. The second-order valence-electron chi connectivity index (χ2n) is 4.50. The maximum absolute atomic E-state index is 11.5. The van der Waals surface area contributed by atoms with Crippen LogP contribution in [0, 0.1) is 0 Å². The second-order valence-corrected chi connectivity index (χ2v) is 4.50. The van der Waals surface area contributed by atoms with Crippen molar-refractivity contribution in [2.45, 2.75) is 25.8 Å². The second kappa shape index (κ2) is 6.99. The Morgan fingerprint density at radius 2 is 2.05 bits per heavy atom. The Labute approximate surface area is 113 Å². The summed E-state index contributed by atoms with van der Waals surface area (Å²) in [5.74, 6) is 1.56. The van der Waals surface area contributed by atoms with Gasteiger partial charge in [-0.1, -0.05) is 6.07 Å². The molecule has 1 aliphatic rings. The van der Waals surface area contributed by atoms with Crippen molar-refractivity contribution >= 4 is 5.91 Å². The molecule has 5 nitrogen and oxygen atoms in total. The molecule has 1 amide bonds. The molecule has 0 unspecified atom stereocenters. The van der Waals surface area contributed by atoms with E-state index in [1.807, 2.05) is 18.2 Å². The molecule has 0 saturated heterocycles. The highest BCUT2D eigenvalue weighted by atomic mass is 16.5. The molecule has 19 heavy (non-hydrogen) atoms. The van der Waals surface area contributed by atoms with Gasteiger partial charge >= 0.3 is 0 Å².